The summed E-state index contributed by atoms with van der Waals surface area (Å²) >= 11 is 0. The van der Waals surface area contributed by atoms with E-state index in [4.69, 9.17) is 13.8 Å². The number of ether oxygens (including phenoxy) is 1. The SMILES string of the molecule is CCCCCCCC/C=C/CCCCCCCCCC(=O)OC(/C=C/CCCCCCCCCCC)C(COP(=O)([O-])OCC[N+](C)(C)C)NC(=O)CCCCCCCCCCCCCCCCCCCCCCC. The predicted molar refractivity (Wildman–Crippen MR) is 321 cm³/mol. The van der Waals surface area contributed by atoms with Crippen molar-refractivity contribution in [3.63, 3.8) is 0 Å². The van der Waals surface area contributed by atoms with Crippen molar-refractivity contribution in [3.05, 3.63) is 24.3 Å². The summed E-state index contributed by atoms with van der Waals surface area (Å²) < 4.78 is 30.3. The van der Waals surface area contributed by atoms with Crippen molar-refractivity contribution in [1.82, 2.24) is 5.32 Å². The van der Waals surface area contributed by atoms with Crippen LogP contribution in [0, 0.1) is 0 Å². The van der Waals surface area contributed by atoms with Crippen molar-refractivity contribution in [1.29, 1.82) is 0 Å². The smallest absolute Gasteiger partial charge is 0.306 e. The van der Waals surface area contributed by atoms with Crippen molar-refractivity contribution in [2.45, 2.75) is 341 Å². The van der Waals surface area contributed by atoms with Crippen molar-refractivity contribution in [2.75, 3.05) is 40.9 Å². The van der Waals surface area contributed by atoms with Gasteiger partial charge in [-0.2, -0.15) is 0 Å². The fourth-order valence-corrected chi connectivity index (χ4v) is 10.5. The molecule has 1 N–H and O–H groups in total. The van der Waals surface area contributed by atoms with E-state index in [1.807, 2.05) is 33.3 Å². The highest BCUT2D eigenvalue weighted by Gasteiger charge is 2.27. The molecule has 3 atom stereocenters. The zero-order valence-electron chi connectivity index (χ0n) is 50.8. The Kier molecular flexibility index (Phi) is 54.7. The monoisotopic (exact) mass is 1080 g/mol. The fraction of sp³-hybridized carbons (Fsp3) is 0.908. The largest absolute Gasteiger partial charge is 0.756 e. The molecule has 0 radical (unpaired) electrons. The Labute approximate surface area is 466 Å². The normalized spacial score (nSPS) is 13.7. The Morgan fingerprint density at radius 3 is 1.13 bits per heavy atom. The molecule has 0 aliphatic rings. The third-order valence-electron chi connectivity index (χ3n) is 14.9. The van der Waals surface area contributed by atoms with Gasteiger partial charge in [-0.15, -0.1) is 0 Å². The van der Waals surface area contributed by atoms with Gasteiger partial charge in [0.05, 0.1) is 33.8 Å². The van der Waals surface area contributed by atoms with E-state index >= 15 is 0 Å². The molecular formula is C65H127N2O7P. The third-order valence-corrected chi connectivity index (χ3v) is 15.8. The molecule has 0 heterocycles. The number of esters is 1. The van der Waals surface area contributed by atoms with Gasteiger partial charge in [0, 0.05) is 12.8 Å². The van der Waals surface area contributed by atoms with Crippen LogP contribution in [0.2, 0.25) is 0 Å². The molecule has 0 rings (SSSR count). The number of carbonyl (C=O) groups is 2. The van der Waals surface area contributed by atoms with E-state index < -0.39 is 20.0 Å². The molecule has 1 amide bonds. The third kappa shape index (κ3) is 57.0. The summed E-state index contributed by atoms with van der Waals surface area (Å²) in [5.41, 5.74) is 0. The number of phosphoric ester groups is 1. The summed E-state index contributed by atoms with van der Waals surface area (Å²) in [6.07, 6.45) is 65.8. The van der Waals surface area contributed by atoms with Crippen LogP contribution in [0.4, 0.5) is 0 Å². The van der Waals surface area contributed by atoms with Gasteiger partial charge in [-0.1, -0.05) is 283 Å². The van der Waals surface area contributed by atoms with Crippen LogP contribution >= 0.6 is 7.82 Å². The number of carbonyl (C=O) groups excluding carboxylic acids is 2. The number of quaternary nitrogens is 1. The first-order chi connectivity index (χ1) is 36.4. The molecule has 0 saturated heterocycles. The van der Waals surface area contributed by atoms with Crippen molar-refractivity contribution < 1.29 is 37.3 Å². The molecule has 3 unspecified atom stereocenters. The lowest BCUT2D eigenvalue weighted by Crippen LogP contribution is -2.47. The summed E-state index contributed by atoms with van der Waals surface area (Å²) in [7, 11) is 1.20. The number of rotatable bonds is 60. The topological polar surface area (TPSA) is 114 Å². The Hall–Kier alpha value is -1.51. The van der Waals surface area contributed by atoms with E-state index in [0.717, 1.165) is 64.2 Å². The van der Waals surface area contributed by atoms with Gasteiger partial charge in [0.1, 0.15) is 19.3 Å². The van der Waals surface area contributed by atoms with Gasteiger partial charge in [-0.3, -0.25) is 14.2 Å². The molecule has 10 heteroatoms. The highest BCUT2D eigenvalue weighted by Crippen LogP contribution is 2.38. The minimum absolute atomic E-state index is 0.0193. The van der Waals surface area contributed by atoms with Gasteiger partial charge in [0.25, 0.3) is 7.82 Å². The van der Waals surface area contributed by atoms with Gasteiger partial charge in [0.15, 0.2) is 0 Å². The molecule has 0 saturated carbocycles. The number of hydrogen-bond acceptors (Lipinski definition) is 7. The van der Waals surface area contributed by atoms with Crippen molar-refractivity contribution in [2.24, 2.45) is 0 Å². The van der Waals surface area contributed by atoms with Gasteiger partial charge < -0.3 is 28.5 Å². The molecule has 9 nitrogen and oxygen atoms in total. The minimum atomic E-state index is -4.69. The molecule has 0 aromatic heterocycles. The molecule has 444 valence electrons. The summed E-state index contributed by atoms with van der Waals surface area (Å²) in [5.74, 6) is -0.528. The molecular weight excluding hydrogens is 952 g/mol. The maximum Gasteiger partial charge on any atom is 0.306 e. The summed E-state index contributed by atoms with van der Waals surface area (Å²) in [6, 6.07) is -0.884. The maximum absolute atomic E-state index is 13.5. The van der Waals surface area contributed by atoms with Crippen LogP contribution in [-0.4, -0.2) is 69.4 Å². The lowest BCUT2D eigenvalue weighted by atomic mass is 10.0. The zero-order valence-corrected chi connectivity index (χ0v) is 51.7. The van der Waals surface area contributed by atoms with Gasteiger partial charge >= 0.3 is 5.97 Å². The fourth-order valence-electron chi connectivity index (χ4n) is 9.81. The van der Waals surface area contributed by atoms with Crippen LogP contribution in [0.5, 0.6) is 0 Å². The van der Waals surface area contributed by atoms with Crippen LogP contribution in [0.25, 0.3) is 0 Å². The van der Waals surface area contributed by atoms with E-state index in [0.29, 0.717) is 17.4 Å². The molecule has 0 aromatic carbocycles. The number of allylic oxidation sites excluding steroid dienone is 3. The van der Waals surface area contributed by atoms with E-state index in [-0.39, 0.29) is 31.5 Å². The average molecular weight is 1080 g/mol. The number of amides is 1. The highest BCUT2D eigenvalue weighted by molar-refractivity contribution is 7.45. The van der Waals surface area contributed by atoms with Crippen LogP contribution in [0.15, 0.2) is 24.3 Å². The van der Waals surface area contributed by atoms with Crippen molar-refractivity contribution >= 4 is 19.7 Å². The lowest BCUT2D eigenvalue weighted by molar-refractivity contribution is -0.870. The minimum Gasteiger partial charge on any atom is -0.756 e. The Bertz CT molecular complexity index is 1340. The maximum atomic E-state index is 13.5. The van der Waals surface area contributed by atoms with E-state index in [1.54, 1.807) is 0 Å². The summed E-state index contributed by atoms with van der Waals surface area (Å²) in [4.78, 5) is 40.0. The number of likely N-dealkylation sites (N-methyl/N-ethyl adjacent to an activating group) is 1. The first-order valence-corrected chi connectivity index (χ1v) is 34.1. The Morgan fingerprint density at radius 2 is 0.773 bits per heavy atom. The van der Waals surface area contributed by atoms with E-state index in [1.165, 1.54) is 231 Å². The first kappa shape index (κ1) is 73.5. The number of phosphoric acid groups is 1. The number of unbranched alkanes of at least 4 members (excludes halogenated alkanes) is 42. The lowest BCUT2D eigenvalue weighted by Gasteiger charge is -2.30. The van der Waals surface area contributed by atoms with Crippen LogP contribution in [-0.2, 0) is 27.9 Å². The van der Waals surface area contributed by atoms with Crippen LogP contribution in [0.3, 0.4) is 0 Å². The Morgan fingerprint density at radius 1 is 0.453 bits per heavy atom. The van der Waals surface area contributed by atoms with Crippen LogP contribution in [0.1, 0.15) is 329 Å². The average Bonchev–Trinajstić information content (AvgIpc) is 3.37. The van der Waals surface area contributed by atoms with Gasteiger partial charge in [-0.05, 0) is 57.4 Å². The second kappa shape index (κ2) is 55.8. The molecule has 0 fully saturated rings. The molecule has 0 aromatic rings. The van der Waals surface area contributed by atoms with Crippen LogP contribution < -0.4 is 10.2 Å². The Balaban J connectivity index is 5.11. The number of nitrogens with one attached hydrogen (secondary N) is 1. The van der Waals surface area contributed by atoms with Gasteiger partial charge in [-0.25, -0.2) is 0 Å². The standard InChI is InChI=1S/C65H127N2O7P/c1-7-10-13-16-19-22-25-27-29-31-32-33-34-36-37-39-42-45-48-51-54-57-64(68)66-62(61-73-75(70,71)72-60-59-67(4,5)6)63(56-53-50-47-44-41-24-21-18-15-12-9-3)74-65(69)58-55-52-49-46-43-40-38-35-30-28-26-23-20-17-14-11-8-2/h28,30,53,56,62-63H,7-27,29,31-52,54-55,57-61H2,1-6H3,(H-,66,68,70,71)/b30-28+,56-53+. The quantitative estimate of drug-likeness (QED) is 0.0212. The van der Waals surface area contributed by atoms with E-state index in [2.05, 4.69) is 38.2 Å². The molecule has 0 aliphatic carbocycles. The summed E-state index contributed by atoms with van der Waals surface area (Å²) in [6.45, 7) is 6.88. The predicted octanol–water partition coefficient (Wildman–Crippen LogP) is 19.5. The van der Waals surface area contributed by atoms with Crippen molar-refractivity contribution in [3.8, 4) is 0 Å². The molecule has 75 heavy (non-hydrogen) atoms. The zero-order chi connectivity index (χ0) is 55.0. The number of nitrogens with zero attached hydrogens (tertiary/aromatic N) is 1. The first-order valence-electron chi connectivity index (χ1n) is 32.6. The second-order valence-corrected chi connectivity index (χ2v) is 25.0. The summed E-state index contributed by atoms with van der Waals surface area (Å²) in [5, 5.41) is 3.04. The van der Waals surface area contributed by atoms with Gasteiger partial charge in [0.2, 0.25) is 5.91 Å². The second-order valence-electron chi connectivity index (χ2n) is 23.6. The highest BCUT2D eigenvalue weighted by atomic mass is 31.2. The molecule has 0 aliphatic heterocycles. The molecule has 0 spiro atoms. The molecule has 0 bridgehead atoms. The van der Waals surface area contributed by atoms with E-state index in [9.17, 15) is 19.0 Å². The number of hydrogen-bond donors (Lipinski definition) is 1.